The van der Waals surface area contributed by atoms with E-state index in [0.29, 0.717) is 12.8 Å². The fourth-order valence-corrected chi connectivity index (χ4v) is 3.05. The van der Waals surface area contributed by atoms with Crippen LogP contribution in [-0.2, 0) is 6.42 Å². The lowest BCUT2D eigenvalue weighted by Gasteiger charge is -2.33. The molecular weight excluding hydrogens is 279 g/mol. The molecule has 2 unspecified atom stereocenters. The third kappa shape index (κ3) is 5.00. The summed E-state index contributed by atoms with van der Waals surface area (Å²) >= 11 is 0. The number of hydrogen-bond donors (Lipinski definition) is 2. The lowest BCUT2D eigenvalue weighted by molar-refractivity contribution is -0.183. The number of benzene rings is 1. The van der Waals surface area contributed by atoms with Crippen molar-refractivity contribution in [3.05, 3.63) is 35.9 Å². The molecule has 0 aromatic heterocycles. The SMILES string of the molecule is OC[C@H](Cc1ccccc1)NC1CCCC(C(F)(F)F)C1. The van der Waals surface area contributed by atoms with Crippen LogP contribution in [0.2, 0.25) is 0 Å². The van der Waals surface area contributed by atoms with Gasteiger partial charge in [0, 0.05) is 12.1 Å². The molecule has 2 rings (SSSR count). The van der Waals surface area contributed by atoms with E-state index in [1.54, 1.807) is 0 Å². The Morgan fingerprint density at radius 3 is 2.52 bits per heavy atom. The molecule has 1 aromatic carbocycles. The van der Waals surface area contributed by atoms with Crippen LogP contribution < -0.4 is 5.32 Å². The molecular formula is C16H22F3NO. The summed E-state index contributed by atoms with van der Waals surface area (Å²) in [5.41, 5.74) is 1.08. The Morgan fingerprint density at radius 1 is 1.19 bits per heavy atom. The van der Waals surface area contributed by atoms with Crippen molar-refractivity contribution < 1.29 is 18.3 Å². The van der Waals surface area contributed by atoms with Gasteiger partial charge in [0.2, 0.25) is 0 Å². The summed E-state index contributed by atoms with van der Waals surface area (Å²) in [5, 5.41) is 12.7. The highest BCUT2D eigenvalue weighted by Gasteiger charge is 2.42. The zero-order valence-electron chi connectivity index (χ0n) is 11.9. The van der Waals surface area contributed by atoms with Crippen LogP contribution in [0, 0.1) is 5.92 Å². The molecule has 5 heteroatoms. The van der Waals surface area contributed by atoms with Crippen molar-refractivity contribution in [2.24, 2.45) is 5.92 Å². The number of aliphatic hydroxyl groups excluding tert-OH is 1. The van der Waals surface area contributed by atoms with Gasteiger partial charge < -0.3 is 10.4 Å². The molecule has 1 aliphatic carbocycles. The van der Waals surface area contributed by atoms with Crippen molar-refractivity contribution in [1.29, 1.82) is 0 Å². The summed E-state index contributed by atoms with van der Waals surface area (Å²) in [7, 11) is 0. The molecule has 21 heavy (non-hydrogen) atoms. The summed E-state index contributed by atoms with van der Waals surface area (Å²) in [4.78, 5) is 0. The van der Waals surface area contributed by atoms with E-state index in [1.807, 2.05) is 30.3 Å². The second-order valence-corrected chi connectivity index (χ2v) is 5.84. The van der Waals surface area contributed by atoms with Gasteiger partial charge in [0.05, 0.1) is 12.5 Å². The van der Waals surface area contributed by atoms with Crippen LogP contribution in [-0.4, -0.2) is 30.0 Å². The van der Waals surface area contributed by atoms with E-state index in [-0.39, 0.29) is 31.5 Å². The van der Waals surface area contributed by atoms with Crippen LogP contribution >= 0.6 is 0 Å². The molecule has 1 fully saturated rings. The van der Waals surface area contributed by atoms with E-state index >= 15 is 0 Å². The molecule has 1 aromatic rings. The topological polar surface area (TPSA) is 32.3 Å². The lowest BCUT2D eigenvalue weighted by Crippen LogP contribution is -2.45. The zero-order valence-corrected chi connectivity index (χ0v) is 11.9. The number of rotatable bonds is 5. The van der Waals surface area contributed by atoms with Crippen LogP contribution in [0.5, 0.6) is 0 Å². The van der Waals surface area contributed by atoms with Crippen molar-refractivity contribution in [3.63, 3.8) is 0 Å². The van der Waals surface area contributed by atoms with Gasteiger partial charge in [-0.05, 0) is 31.2 Å². The minimum Gasteiger partial charge on any atom is -0.395 e. The summed E-state index contributed by atoms with van der Waals surface area (Å²) in [5.74, 6) is -1.21. The Balaban J connectivity index is 1.89. The second kappa shape index (κ2) is 7.27. The second-order valence-electron chi connectivity index (χ2n) is 5.84. The van der Waals surface area contributed by atoms with E-state index in [1.165, 1.54) is 0 Å². The number of alkyl halides is 3. The van der Waals surface area contributed by atoms with Gasteiger partial charge in [-0.2, -0.15) is 13.2 Å². The molecule has 0 spiro atoms. The number of halogens is 3. The van der Waals surface area contributed by atoms with Gasteiger partial charge in [-0.1, -0.05) is 36.8 Å². The predicted molar refractivity (Wildman–Crippen MR) is 76.0 cm³/mol. The average molecular weight is 301 g/mol. The fourth-order valence-electron chi connectivity index (χ4n) is 3.05. The van der Waals surface area contributed by atoms with Crippen LogP contribution in [0.15, 0.2) is 30.3 Å². The minimum absolute atomic E-state index is 0.0674. The number of nitrogens with one attached hydrogen (secondary N) is 1. The zero-order chi connectivity index (χ0) is 15.3. The van der Waals surface area contributed by atoms with Gasteiger partial charge in [0.25, 0.3) is 0 Å². The highest BCUT2D eigenvalue weighted by molar-refractivity contribution is 5.16. The van der Waals surface area contributed by atoms with Gasteiger partial charge in [-0.15, -0.1) is 0 Å². The maximum Gasteiger partial charge on any atom is 0.391 e. The van der Waals surface area contributed by atoms with Crippen LogP contribution in [0.4, 0.5) is 13.2 Å². The molecule has 0 bridgehead atoms. The molecule has 1 saturated carbocycles. The van der Waals surface area contributed by atoms with Gasteiger partial charge in [-0.25, -0.2) is 0 Å². The Kier molecular flexibility index (Phi) is 5.65. The maximum absolute atomic E-state index is 12.8. The molecule has 0 amide bonds. The van der Waals surface area contributed by atoms with Crippen molar-refractivity contribution in [2.45, 2.75) is 50.4 Å². The van der Waals surface area contributed by atoms with Crippen LogP contribution in [0.3, 0.4) is 0 Å². The van der Waals surface area contributed by atoms with E-state index in [4.69, 9.17) is 0 Å². The van der Waals surface area contributed by atoms with Crippen molar-refractivity contribution in [2.75, 3.05) is 6.61 Å². The molecule has 0 radical (unpaired) electrons. The molecule has 0 heterocycles. The first-order chi connectivity index (χ1) is 9.99. The fraction of sp³-hybridized carbons (Fsp3) is 0.625. The standard InChI is InChI=1S/C16H22F3NO/c17-16(18,19)13-7-4-8-14(10-13)20-15(11-21)9-12-5-2-1-3-6-12/h1-3,5-6,13-15,20-21H,4,7-11H2/t13?,14?,15-/m0/s1. The molecule has 0 saturated heterocycles. The van der Waals surface area contributed by atoms with Gasteiger partial charge >= 0.3 is 6.18 Å². The first kappa shape index (κ1) is 16.3. The Morgan fingerprint density at radius 2 is 1.90 bits per heavy atom. The third-order valence-corrected chi connectivity index (χ3v) is 4.15. The average Bonchev–Trinajstić information content (AvgIpc) is 2.47. The Bertz CT molecular complexity index is 421. The van der Waals surface area contributed by atoms with E-state index < -0.39 is 12.1 Å². The Hall–Kier alpha value is -1.07. The van der Waals surface area contributed by atoms with Crippen molar-refractivity contribution in [3.8, 4) is 0 Å². The molecule has 118 valence electrons. The van der Waals surface area contributed by atoms with E-state index in [9.17, 15) is 18.3 Å². The molecule has 0 aliphatic heterocycles. The van der Waals surface area contributed by atoms with Crippen LogP contribution in [0.1, 0.15) is 31.2 Å². The quantitative estimate of drug-likeness (QED) is 0.874. The highest BCUT2D eigenvalue weighted by Crippen LogP contribution is 2.37. The summed E-state index contributed by atoms with van der Waals surface area (Å²) in [6.45, 7) is -0.0674. The van der Waals surface area contributed by atoms with Crippen LogP contribution in [0.25, 0.3) is 0 Å². The summed E-state index contributed by atoms with van der Waals surface area (Å²) in [6, 6.07) is 9.33. The normalized spacial score (nSPS) is 24.8. The first-order valence-electron chi connectivity index (χ1n) is 7.46. The Labute approximate surface area is 123 Å². The van der Waals surface area contributed by atoms with Gasteiger partial charge in [0.1, 0.15) is 0 Å². The molecule has 3 atom stereocenters. The third-order valence-electron chi connectivity index (χ3n) is 4.15. The van der Waals surface area contributed by atoms with Crippen molar-refractivity contribution in [1.82, 2.24) is 5.32 Å². The largest absolute Gasteiger partial charge is 0.395 e. The predicted octanol–water partition coefficient (Wildman–Crippen LogP) is 3.30. The van der Waals surface area contributed by atoms with Crippen molar-refractivity contribution >= 4 is 0 Å². The molecule has 2 N–H and O–H groups in total. The number of hydrogen-bond acceptors (Lipinski definition) is 2. The van der Waals surface area contributed by atoms with E-state index in [0.717, 1.165) is 12.0 Å². The highest BCUT2D eigenvalue weighted by atomic mass is 19.4. The summed E-state index contributed by atoms with van der Waals surface area (Å²) < 4.78 is 38.4. The lowest BCUT2D eigenvalue weighted by atomic mass is 9.84. The molecule has 2 nitrogen and oxygen atoms in total. The first-order valence-corrected chi connectivity index (χ1v) is 7.46. The molecule has 1 aliphatic rings. The summed E-state index contributed by atoms with van der Waals surface area (Å²) in [6.07, 6.45) is -1.79. The smallest absolute Gasteiger partial charge is 0.391 e. The minimum atomic E-state index is -4.10. The number of aliphatic hydroxyl groups is 1. The van der Waals surface area contributed by atoms with Gasteiger partial charge in [-0.3, -0.25) is 0 Å². The monoisotopic (exact) mass is 301 g/mol. The maximum atomic E-state index is 12.8. The van der Waals surface area contributed by atoms with E-state index in [2.05, 4.69) is 5.32 Å². The van der Waals surface area contributed by atoms with Gasteiger partial charge in [0.15, 0.2) is 0 Å².